The van der Waals surface area contributed by atoms with Crippen LogP contribution in [0.5, 0.6) is 0 Å². The lowest BCUT2D eigenvalue weighted by Crippen LogP contribution is -2.42. The van der Waals surface area contributed by atoms with Crippen molar-refractivity contribution in [1.29, 1.82) is 0 Å². The first-order chi connectivity index (χ1) is 12.3. The summed E-state index contributed by atoms with van der Waals surface area (Å²) in [6, 6.07) is 11.0. The highest BCUT2D eigenvalue weighted by atomic mass is 127. The van der Waals surface area contributed by atoms with Gasteiger partial charge in [0.2, 0.25) is 0 Å². The van der Waals surface area contributed by atoms with Crippen molar-refractivity contribution in [2.24, 2.45) is 4.99 Å². The summed E-state index contributed by atoms with van der Waals surface area (Å²) in [5.41, 5.74) is 1.33. The van der Waals surface area contributed by atoms with Crippen LogP contribution in [0.1, 0.15) is 44.7 Å². The average Bonchev–Trinajstić information content (AvgIpc) is 2.67. The fourth-order valence-electron chi connectivity index (χ4n) is 3.10. The van der Waals surface area contributed by atoms with Gasteiger partial charge in [0, 0.05) is 26.2 Å². The molecule has 0 amide bonds. The lowest BCUT2D eigenvalue weighted by Gasteiger charge is -2.34. The molecule has 148 valence electrons. The Bertz CT molecular complexity index is 492. The Morgan fingerprint density at radius 2 is 1.85 bits per heavy atom. The van der Waals surface area contributed by atoms with E-state index in [1.165, 1.54) is 24.8 Å². The summed E-state index contributed by atoms with van der Waals surface area (Å²) in [6.07, 6.45) is 3.68. The molecule has 1 fully saturated rings. The Labute approximate surface area is 176 Å². The SMILES string of the molecule is CCCCCNC(=NCC(c1ccccc1)N1CCOCC1)NCC.I. The van der Waals surface area contributed by atoms with E-state index in [-0.39, 0.29) is 24.0 Å². The molecular weight excluding hydrogens is 439 g/mol. The van der Waals surface area contributed by atoms with Gasteiger partial charge < -0.3 is 15.4 Å². The smallest absolute Gasteiger partial charge is 0.191 e. The Morgan fingerprint density at radius 3 is 2.50 bits per heavy atom. The zero-order valence-corrected chi connectivity index (χ0v) is 18.6. The van der Waals surface area contributed by atoms with E-state index in [1.54, 1.807) is 0 Å². The van der Waals surface area contributed by atoms with Crippen LogP contribution in [0.4, 0.5) is 0 Å². The molecule has 0 bridgehead atoms. The lowest BCUT2D eigenvalue weighted by molar-refractivity contribution is 0.0179. The number of unbranched alkanes of at least 4 members (excludes halogenated alkanes) is 2. The molecule has 1 aliphatic heterocycles. The van der Waals surface area contributed by atoms with Crippen molar-refractivity contribution in [2.45, 2.75) is 39.2 Å². The Hall–Kier alpha value is -0.860. The van der Waals surface area contributed by atoms with Crippen molar-refractivity contribution in [3.05, 3.63) is 35.9 Å². The van der Waals surface area contributed by atoms with Crippen LogP contribution in [0.3, 0.4) is 0 Å². The third-order valence-electron chi connectivity index (χ3n) is 4.51. The minimum absolute atomic E-state index is 0. The fourth-order valence-corrected chi connectivity index (χ4v) is 3.10. The molecule has 2 N–H and O–H groups in total. The number of aliphatic imine (C=N–C) groups is 1. The van der Waals surface area contributed by atoms with E-state index in [9.17, 15) is 0 Å². The highest BCUT2D eigenvalue weighted by Crippen LogP contribution is 2.22. The number of guanidine groups is 1. The van der Waals surface area contributed by atoms with Gasteiger partial charge >= 0.3 is 0 Å². The second-order valence-corrected chi connectivity index (χ2v) is 6.43. The number of hydrogen-bond donors (Lipinski definition) is 2. The van der Waals surface area contributed by atoms with Crippen LogP contribution < -0.4 is 10.6 Å². The molecule has 26 heavy (non-hydrogen) atoms. The first-order valence-electron chi connectivity index (χ1n) is 9.74. The summed E-state index contributed by atoms with van der Waals surface area (Å²) in [4.78, 5) is 7.36. The van der Waals surface area contributed by atoms with Gasteiger partial charge in [0.15, 0.2) is 5.96 Å². The molecule has 1 heterocycles. The van der Waals surface area contributed by atoms with Crippen molar-refractivity contribution in [2.75, 3.05) is 45.9 Å². The van der Waals surface area contributed by atoms with Crippen LogP contribution in [-0.4, -0.2) is 56.8 Å². The number of hydrogen-bond acceptors (Lipinski definition) is 3. The number of ether oxygens (including phenoxy) is 1. The van der Waals surface area contributed by atoms with E-state index < -0.39 is 0 Å². The van der Waals surface area contributed by atoms with Crippen molar-refractivity contribution in [3.8, 4) is 0 Å². The molecule has 0 aromatic heterocycles. The van der Waals surface area contributed by atoms with E-state index in [4.69, 9.17) is 9.73 Å². The third-order valence-corrected chi connectivity index (χ3v) is 4.51. The molecule has 5 nitrogen and oxygen atoms in total. The van der Waals surface area contributed by atoms with Gasteiger partial charge in [0.1, 0.15) is 0 Å². The summed E-state index contributed by atoms with van der Waals surface area (Å²) in [5, 5.41) is 6.83. The van der Waals surface area contributed by atoms with Crippen LogP contribution >= 0.6 is 24.0 Å². The fraction of sp³-hybridized carbons (Fsp3) is 0.650. The molecule has 0 aliphatic carbocycles. The second-order valence-electron chi connectivity index (χ2n) is 6.43. The minimum atomic E-state index is 0. The quantitative estimate of drug-likeness (QED) is 0.249. The van der Waals surface area contributed by atoms with Gasteiger partial charge in [-0.2, -0.15) is 0 Å². The Morgan fingerprint density at radius 1 is 1.12 bits per heavy atom. The zero-order chi connectivity index (χ0) is 17.7. The van der Waals surface area contributed by atoms with Gasteiger partial charge in [-0.25, -0.2) is 0 Å². The molecule has 1 aliphatic rings. The van der Waals surface area contributed by atoms with Crippen molar-refractivity contribution in [3.63, 3.8) is 0 Å². The number of benzene rings is 1. The van der Waals surface area contributed by atoms with Crippen LogP contribution in [0.25, 0.3) is 0 Å². The topological polar surface area (TPSA) is 48.9 Å². The van der Waals surface area contributed by atoms with Gasteiger partial charge in [-0.3, -0.25) is 9.89 Å². The molecule has 1 aromatic rings. The zero-order valence-electron chi connectivity index (χ0n) is 16.2. The van der Waals surface area contributed by atoms with E-state index in [0.717, 1.165) is 51.9 Å². The largest absolute Gasteiger partial charge is 0.379 e. The van der Waals surface area contributed by atoms with E-state index in [1.807, 2.05) is 0 Å². The lowest BCUT2D eigenvalue weighted by atomic mass is 10.1. The molecule has 0 spiro atoms. The van der Waals surface area contributed by atoms with E-state index >= 15 is 0 Å². The summed E-state index contributed by atoms with van der Waals surface area (Å²) < 4.78 is 5.52. The van der Waals surface area contributed by atoms with Gasteiger partial charge in [0.25, 0.3) is 0 Å². The standard InChI is InChI=1S/C20H34N4O.HI/c1-3-5-9-12-22-20(21-4-2)23-17-19(18-10-7-6-8-11-18)24-13-15-25-16-14-24;/h6-8,10-11,19H,3-5,9,12-17H2,1-2H3,(H2,21,22,23);1H. The Balaban J connectivity index is 0.00000338. The number of nitrogens with zero attached hydrogens (tertiary/aromatic N) is 2. The van der Waals surface area contributed by atoms with Gasteiger partial charge in [-0.05, 0) is 18.9 Å². The van der Waals surface area contributed by atoms with Gasteiger partial charge in [0.05, 0.1) is 25.8 Å². The van der Waals surface area contributed by atoms with Crippen molar-refractivity contribution >= 4 is 29.9 Å². The molecular formula is C20H35IN4O. The Kier molecular flexibility index (Phi) is 12.7. The molecule has 2 rings (SSSR count). The maximum atomic E-state index is 5.52. The van der Waals surface area contributed by atoms with Gasteiger partial charge in [-0.15, -0.1) is 24.0 Å². The highest BCUT2D eigenvalue weighted by Gasteiger charge is 2.22. The first kappa shape index (κ1) is 23.2. The number of halogens is 1. The van der Waals surface area contributed by atoms with Crippen molar-refractivity contribution < 1.29 is 4.74 Å². The normalized spacial score (nSPS) is 16.6. The van der Waals surface area contributed by atoms with Crippen LogP contribution in [0, 0.1) is 0 Å². The summed E-state index contributed by atoms with van der Waals surface area (Å²) in [5.74, 6) is 0.924. The predicted molar refractivity (Wildman–Crippen MR) is 120 cm³/mol. The molecule has 1 atom stereocenters. The first-order valence-corrected chi connectivity index (χ1v) is 9.74. The number of nitrogens with one attached hydrogen (secondary N) is 2. The highest BCUT2D eigenvalue weighted by molar-refractivity contribution is 14.0. The maximum absolute atomic E-state index is 5.52. The monoisotopic (exact) mass is 474 g/mol. The molecule has 1 saturated heterocycles. The molecule has 1 aromatic carbocycles. The summed E-state index contributed by atoms with van der Waals surface area (Å²) in [6.45, 7) is 10.5. The molecule has 6 heteroatoms. The maximum Gasteiger partial charge on any atom is 0.191 e. The van der Waals surface area contributed by atoms with Crippen LogP contribution in [-0.2, 0) is 4.74 Å². The number of rotatable bonds is 9. The van der Waals surface area contributed by atoms with Crippen LogP contribution in [0.15, 0.2) is 35.3 Å². The van der Waals surface area contributed by atoms with Gasteiger partial charge in [-0.1, -0.05) is 50.1 Å². The van der Waals surface area contributed by atoms with Crippen molar-refractivity contribution in [1.82, 2.24) is 15.5 Å². The third kappa shape index (κ3) is 8.22. The predicted octanol–water partition coefficient (Wildman–Crippen LogP) is 3.42. The second kappa shape index (κ2) is 14.2. The van der Waals surface area contributed by atoms with E-state index in [2.05, 4.69) is 59.7 Å². The molecule has 0 saturated carbocycles. The molecule has 0 radical (unpaired) electrons. The molecule has 1 unspecified atom stereocenters. The summed E-state index contributed by atoms with van der Waals surface area (Å²) in [7, 11) is 0. The average molecular weight is 474 g/mol. The van der Waals surface area contributed by atoms with Crippen LogP contribution in [0.2, 0.25) is 0 Å². The number of morpholine rings is 1. The van der Waals surface area contributed by atoms with E-state index in [0.29, 0.717) is 6.04 Å². The summed E-state index contributed by atoms with van der Waals surface area (Å²) >= 11 is 0. The minimum Gasteiger partial charge on any atom is -0.379 e.